The summed E-state index contributed by atoms with van der Waals surface area (Å²) in [5.74, 6) is 1.76. The van der Waals surface area contributed by atoms with E-state index in [0.717, 1.165) is 45.2 Å². The van der Waals surface area contributed by atoms with E-state index in [9.17, 15) is 0 Å². The van der Waals surface area contributed by atoms with Crippen LogP contribution in [0.3, 0.4) is 0 Å². The van der Waals surface area contributed by atoms with Gasteiger partial charge in [-0.15, -0.1) is 0 Å². The molecule has 1 aliphatic heterocycles. The van der Waals surface area contributed by atoms with Gasteiger partial charge >= 0.3 is 0 Å². The third-order valence-electron chi connectivity index (χ3n) is 12.2. The first-order valence-electron chi connectivity index (χ1n) is 19.8. The van der Waals surface area contributed by atoms with Crippen LogP contribution in [0.5, 0.6) is 11.5 Å². The Morgan fingerprint density at radius 1 is 0.276 bits per heavy atom. The Hall–Kier alpha value is -7.82. The standard InChI is InChI=1S/C54H33N3O/c1-5-15-46-40(10-1)41-11-2-6-16-47(41)56(46)39-29-31-50-45(33-39)43-13-4-7-17-48(43)55(50)38-27-24-35(25-28-38)34-20-22-36(23-21-34)37-26-30-51-53(32-37)58-52-19-9-14-44-42-12-3-8-18-49(42)57(51)54(44)52/h1-33H. The lowest BCUT2D eigenvalue weighted by Gasteiger charge is -2.21. The molecule has 0 aliphatic carbocycles. The lowest BCUT2D eigenvalue weighted by Crippen LogP contribution is -2.04. The molecule has 12 aromatic rings. The van der Waals surface area contributed by atoms with E-state index >= 15 is 0 Å². The van der Waals surface area contributed by atoms with Crippen molar-refractivity contribution in [3.63, 3.8) is 0 Å². The largest absolute Gasteiger partial charge is 0.453 e. The molecule has 0 fully saturated rings. The number of hydrogen-bond donors (Lipinski definition) is 0. The third-order valence-corrected chi connectivity index (χ3v) is 12.2. The lowest BCUT2D eigenvalue weighted by atomic mass is 9.99. The zero-order valence-corrected chi connectivity index (χ0v) is 31.3. The second-order valence-electron chi connectivity index (χ2n) is 15.3. The van der Waals surface area contributed by atoms with Crippen LogP contribution in [0.2, 0.25) is 0 Å². The van der Waals surface area contributed by atoms with E-state index in [1.165, 1.54) is 71.0 Å². The Bertz CT molecular complexity index is 3580. The van der Waals surface area contributed by atoms with Crippen LogP contribution in [0.25, 0.3) is 105 Å². The second kappa shape index (κ2) is 11.8. The van der Waals surface area contributed by atoms with Crippen molar-refractivity contribution in [3.05, 3.63) is 200 Å². The smallest absolute Gasteiger partial charge is 0.152 e. The minimum absolute atomic E-state index is 0.867. The third kappa shape index (κ3) is 4.40. The average Bonchev–Trinajstić information content (AvgIpc) is 3.93. The van der Waals surface area contributed by atoms with E-state index < -0.39 is 0 Å². The van der Waals surface area contributed by atoms with Gasteiger partial charge in [-0.25, -0.2) is 0 Å². The number of aromatic nitrogens is 3. The Morgan fingerprint density at radius 2 is 0.724 bits per heavy atom. The fourth-order valence-corrected chi connectivity index (χ4v) is 9.64. The molecule has 0 N–H and O–H groups in total. The van der Waals surface area contributed by atoms with Gasteiger partial charge in [-0.2, -0.15) is 0 Å². The highest BCUT2D eigenvalue weighted by molar-refractivity contribution is 6.13. The Balaban J connectivity index is 0.842. The topological polar surface area (TPSA) is 24.0 Å². The summed E-state index contributed by atoms with van der Waals surface area (Å²) in [4.78, 5) is 0. The quantitative estimate of drug-likeness (QED) is 0.176. The van der Waals surface area contributed by atoms with E-state index in [1.54, 1.807) is 0 Å². The van der Waals surface area contributed by atoms with Gasteiger partial charge in [0.1, 0.15) is 0 Å². The molecule has 1 aliphatic rings. The highest BCUT2D eigenvalue weighted by Crippen LogP contribution is 2.46. The summed E-state index contributed by atoms with van der Waals surface area (Å²) < 4.78 is 13.7. The van der Waals surface area contributed by atoms with Crippen molar-refractivity contribution >= 4 is 65.4 Å². The fraction of sp³-hybridized carbons (Fsp3) is 0. The van der Waals surface area contributed by atoms with Crippen molar-refractivity contribution in [2.24, 2.45) is 0 Å². The first kappa shape index (κ1) is 31.4. The van der Waals surface area contributed by atoms with E-state index in [4.69, 9.17) is 4.74 Å². The number of fused-ring (bicyclic) bond motifs is 11. The summed E-state index contributed by atoms with van der Waals surface area (Å²) in [6, 6.07) is 72.4. The van der Waals surface area contributed by atoms with Crippen molar-refractivity contribution in [1.29, 1.82) is 0 Å². The molecule has 0 bridgehead atoms. The molecule has 0 atom stereocenters. The van der Waals surface area contributed by atoms with Crippen molar-refractivity contribution in [3.8, 4) is 50.8 Å². The van der Waals surface area contributed by atoms with Crippen molar-refractivity contribution < 1.29 is 4.74 Å². The number of para-hydroxylation sites is 5. The molecule has 4 heterocycles. The Kier molecular flexibility index (Phi) is 6.41. The molecule has 58 heavy (non-hydrogen) atoms. The molecule has 3 aromatic heterocycles. The number of ether oxygens (including phenoxy) is 1. The van der Waals surface area contributed by atoms with Gasteiger partial charge in [-0.1, -0.05) is 127 Å². The Morgan fingerprint density at radius 3 is 1.36 bits per heavy atom. The first-order valence-corrected chi connectivity index (χ1v) is 19.8. The first-order chi connectivity index (χ1) is 28.8. The zero-order chi connectivity index (χ0) is 37.9. The highest BCUT2D eigenvalue weighted by atomic mass is 16.5. The minimum atomic E-state index is 0.867. The molecular weight excluding hydrogens is 707 g/mol. The summed E-state index contributed by atoms with van der Waals surface area (Å²) >= 11 is 0. The van der Waals surface area contributed by atoms with Gasteiger partial charge in [-0.3, -0.25) is 0 Å². The van der Waals surface area contributed by atoms with Gasteiger partial charge < -0.3 is 18.4 Å². The maximum atomic E-state index is 6.56. The molecule has 0 saturated heterocycles. The normalized spacial score (nSPS) is 12.3. The molecule has 0 spiro atoms. The number of rotatable bonds is 4. The Labute approximate surface area is 333 Å². The van der Waals surface area contributed by atoms with Gasteiger partial charge in [0.2, 0.25) is 0 Å². The zero-order valence-electron chi connectivity index (χ0n) is 31.3. The van der Waals surface area contributed by atoms with Crippen LogP contribution >= 0.6 is 0 Å². The summed E-state index contributed by atoms with van der Waals surface area (Å²) in [7, 11) is 0. The maximum absolute atomic E-state index is 6.56. The summed E-state index contributed by atoms with van der Waals surface area (Å²) in [5, 5.41) is 7.47. The minimum Gasteiger partial charge on any atom is -0.453 e. The van der Waals surface area contributed by atoms with Crippen LogP contribution in [0, 0.1) is 0 Å². The predicted octanol–water partition coefficient (Wildman–Crippen LogP) is 14.4. The molecule has 270 valence electrons. The summed E-state index contributed by atoms with van der Waals surface area (Å²) in [6.07, 6.45) is 0. The van der Waals surface area contributed by atoms with Crippen LogP contribution < -0.4 is 4.74 Å². The van der Waals surface area contributed by atoms with Gasteiger partial charge in [0, 0.05) is 43.7 Å². The molecule has 0 unspecified atom stereocenters. The molecule has 0 saturated carbocycles. The van der Waals surface area contributed by atoms with Gasteiger partial charge in [0.15, 0.2) is 11.5 Å². The van der Waals surface area contributed by atoms with Crippen LogP contribution in [0.4, 0.5) is 0 Å². The molecule has 4 nitrogen and oxygen atoms in total. The molecule has 0 amide bonds. The molecule has 4 heteroatoms. The van der Waals surface area contributed by atoms with Gasteiger partial charge in [0.05, 0.1) is 38.8 Å². The van der Waals surface area contributed by atoms with E-state index in [1.807, 2.05) is 0 Å². The van der Waals surface area contributed by atoms with E-state index in [-0.39, 0.29) is 0 Å². The highest BCUT2D eigenvalue weighted by Gasteiger charge is 2.24. The van der Waals surface area contributed by atoms with Crippen molar-refractivity contribution in [2.75, 3.05) is 0 Å². The van der Waals surface area contributed by atoms with E-state index in [0.29, 0.717) is 0 Å². The fourth-order valence-electron chi connectivity index (χ4n) is 9.64. The number of benzene rings is 9. The lowest BCUT2D eigenvalue weighted by molar-refractivity contribution is 0.476. The molecule has 9 aromatic carbocycles. The number of hydrogen-bond acceptors (Lipinski definition) is 1. The van der Waals surface area contributed by atoms with Gasteiger partial charge in [-0.05, 0) is 95.1 Å². The molecule has 0 radical (unpaired) electrons. The van der Waals surface area contributed by atoms with E-state index in [2.05, 4.69) is 214 Å². The van der Waals surface area contributed by atoms with Crippen molar-refractivity contribution in [2.45, 2.75) is 0 Å². The maximum Gasteiger partial charge on any atom is 0.152 e. The van der Waals surface area contributed by atoms with Crippen LogP contribution in [0.1, 0.15) is 0 Å². The predicted molar refractivity (Wildman–Crippen MR) is 240 cm³/mol. The average molecular weight is 740 g/mol. The molecular formula is C54H33N3O. The SMILES string of the molecule is c1ccc2c(c1)c1ccccc1n2-c1ccc2c(c1)c1ccccc1n2-c1ccc(-c2ccc(-c3ccc4c(c3)Oc3cccc5c6ccccc6n-4c35)cc2)cc1. The van der Waals surface area contributed by atoms with Crippen LogP contribution in [-0.4, -0.2) is 13.7 Å². The molecule has 13 rings (SSSR count). The van der Waals surface area contributed by atoms with Gasteiger partial charge in [0.25, 0.3) is 0 Å². The second-order valence-corrected chi connectivity index (χ2v) is 15.3. The number of nitrogens with zero attached hydrogens (tertiary/aromatic N) is 3. The van der Waals surface area contributed by atoms with Crippen molar-refractivity contribution in [1.82, 2.24) is 13.7 Å². The van der Waals surface area contributed by atoms with Crippen LogP contribution in [-0.2, 0) is 0 Å². The summed E-state index contributed by atoms with van der Waals surface area (Å²) in [5.41, 5.74) is 15.1. The van der Waals surface area contributed by atoms with Crippen LogP contribution in [0.15, 0.2) is 200 Å². The summed E-state index contributed by atoms with van der Waals surface area (Å²) in [6.45, 7) is 0. The monoisotopic (exact) mass is 739 g/mol.